The predicted octanol–water partition coefficient (Wildman–Crippen LogP) is 6.74. The molecule has 0 bridgehead atoms. The molecule has 0 radical (unpaired) electrons. The van der Waals surface area contributed by atoms with E-state index in [0.29, 0.717) is 37.3 Å². The summed E-state index contributed by atoms with van der Waals surface area (Å²) in [4.78, 5) is 21.6. The summed E-state index contributed by atoms with van der Waals surface area (Å²) in [5.74, 6) is 1.39. The Kier molecular flexibility index (Phi) is 7.53. The van der Waals surface area contributed by atoms with E-state index in [-0.39, 0.29) is 12.4 Å². The molecular formula is C34H33N3O4. The molecule has 41 heavy (non-hydrogen) atoms. The molecule has 2 heterocycles. The third-order valence-corrected chi connectivity index (χ3v) is 7.50. The summed E-state index contributed by atoms with van der Waals surface area (Å²) in [6.45, 7) is 2.94. The number of nitrogens with zero attached hydrogens (tertiary/aromatic N) is 2. The summed E-state index contributed by atoms with van der Waals surface area (Å²) in [5.41, 5.74) is 13.2. The number of hydrogen-bond acceptors (Lipinski definition) is 7. The number of esters is 1. The molecule has 2 N–H and O–H groups in total. The lowest BCUT2D eigenvalue weighted by molar-refractivity contribution is -0.142. The second-order valence-electron chi connectivity index (χ2n) is 10.5. The molecule has 0 spiro atoms. The fraction of sp³-hybridized carbons (Fsp3) is 0.265. The molecule has 0 unspecified atom stereocenters. The molecule has 1 saturated carbocycles. The average Bonchev–Trinajstić information content (AvgIpc) is 3.83. The zero-order valence-electron chi connectivity index (χ0n) is 23.4. The molecule has 0 atom stereocenters. The smallest absolute Gasteiger partial charge is 0.310 e. The van der Waals surface area contributed by atoms with Gasteiger partial charge in [0.25, 0.3) is 0 Å². The van der Waals surface area contributed by atoms with Crippen LogP contribution in [0.1, 0.15) is 48.1 Å². The lowest BCUT2D eigenvalue weighted by atomic mass is 9.98. The van der Waals surface area contributed by atoms with Crippen LogP contribution in [0.25, 0.3) is 32.8 Å². The number of ether oxygens (including phenoxy) is 3. The van der Waals surface area contributed by atoms with Gasteiger partial charge in [0.1, 0.15) is 18.2 Å². The summed E-state index contributed by atoms with van der Waals surface area (Å²) >= 11 is 0. The first kappa shape index (κ1) is 26.7. The summed E-state index contributed by atoms with van der Waals surface area (Å²) in [6, 6.07) is 22.6. The van der Waals surface area contributed by atoms with E-state index in [1.807, 2.05) is 24.3 Å². The van der Waals surface area contributed by atoms with Crippen LogP contribution in [0, 0.1) is 0 Å². The molecule has 3 aromatic carbocycles. The van der Waals surface area contributed by atoms with Gasteiger partial charge < -0.3 is 19.9 Å². The minimum atomic E-state index is -0.284. The molecule has 7 heteroatoms. The number of aromatic nitrogens is 2. The number of rotatable bonds is 10. The molecule has 2 aromatic heterocycles. The van der Waals surface area contributed by atoms with Crippen molar-refractivity contribution >= 4 is 33.5 Å². The minimum Gasteiger partial charge on any atom is -0.489 e. The molecule has 0 saturated heterocycles. The Morgan fingerprint density at radius 3 is 2.51 bits per heavy atom. The van der Waals surface area contributed by atoms with E-state index < -0.39 is 0 Å². The van der Waals surface area contributed by atoms with Crippen LogP contribution >= 0.6 is 0 Å². The Bertz CT molecular complexity index is 1750. The number of hydrogen-bond donors (Lipinski definition) is 1. The Balaban J connectivity index is 1.36. The van der Waals surface area contributed by atoms with Gasteiger partial charge in [-0.25, -0.2) is 4.98 Å². The number of anilines is 1. The van der Waals surface area contributed by atoms with Crippen molar-refractivity contribution in [2.24, 2.45) is 0 Å². The second kappa shape index (κ2) is 11.6. The van der Waals surface area contributed by atoms with Crippen molar-refractivity contribution in [1.29, 1.82) is 0 Å². The van der Waals surface area contributed by atoms with Crippen LogP contribution in [-0.4, -0.2) is 29.7 Å². The third kappa shape index (κ3) is 5.86. The molecule has 6 rings (SSSR count). The van der Waals surface area contributed by atoms with E-state index in [4.69, 9.17) is 24.9 Å². The van der Waals surface area contributed by atoms with E-state index in [2.05, 4.69) is 47.4 Å². The van der Waals surface area contributed by atoms with Gasteiger partial charge in [0.15, 0.2) is 0 Å². The monoisotopic (exact) mass is 547 g/mol. The van der Waals surface area contributed by atoms with E-state index in [9.17, 15) is 4.79 Å². The SMILES string of the molecule is CCOC(=O)Cc1cc(COC)ccc1OCc1cc(C2CC2)nc2ccc(-c3ccc4ccnc(N)c4c3)cc12. The first-order valence-corrected chi connectivity index (χ1v) is 14.0. The number of carbonyl (C=O) groups excluding carboxylic acids is 1. The molecule has 0 aliphatic heterocycles. The summed E-state index contributed by atoms with van der Waals surface area (Å²) in [7, 11) is 1.65. The molecule has 7 nitrogen and oxygen atoms in total. The Hall–Kier alpha value is -4.49. The highest BCUT2D eigenvalue weighted by molar-refractivity contribution is 5.95. The van der Waals surface area contributed by atoms with Crippen molar-refractivity contribution < 1.29 is 19.0 Å². The molecular weight excluding hydrogens is 514 g/mol. The van der Waals surface area contributed by atoms with Gasteiger partial charge in [0.2, 0.25) is 0 Å². The lowest BCUT2D eigenvalue weighted by Gasteiger charge is -2.16. The van der Waals surface area contributed by atoms with Crippen molar-refractivity contribution in [2.75, 3.05) is 19.5 Å². The van der Waals surface area contributed by atoms with Crippen LogP contribution < -0.4 is 10.5 Å². The highest BCUT2D eigenvalue weighted by Crippen LogP contribution is 2.41. The standard InChI is InChI=1S/C34H33N3O4/c1-3-40-33(38)18-26-14-21(19-39-2)4-11-32(26)41-20-27-17-31(23-6-7-23)37-30-10-9-25(15-28(27)30)24-8-5-22-12-13-36-34(35)29(22)16-24/h4-5,8-17,23H,3,6-7,18-20H2,1-2H3,(H2,35,36). The Labute approximate surface area is 239 Å². The van der Waals surface area contributed by atoms with Crippen molar-refractivity contribution in [3.63, 3.8) is 0 Å². The molecule has 1 aliphatic rings. The maximum Gasteiger partial charge on any atom is 0.310 e. The number of fused-ring (bicyclic) bond motifs is 2. The van der Waals surface area contributed by atoms with Gasteiger partial charge in [-0.05, 0) is 84.3 Å². The maximum absolute atomic E-state index is 12.4. The zero-order chi connectivity index (χ0) is 28.3. The van der Waals surface area contributed by atoms with Crippen molar-refractivity contribution in [1.82, 2.24) is 9.97 Å². The fourth-order valence-electron chi connectivity index (χ4n) is 5.27. The Morgan fingerprint density at radius 2 is 1.73 bits per heavy atom. The molecule has 0 amide bonds. The summed E-state index contributed by atoms with van der Waals surface area (Å²) in [6.07, 6.45) is 4.18. The normalized spacial score (nSPS) is 13.0. The first-order valence-electron chi connectivity index (χ1n) is 14.0. The molecule has 1 fully saturated rings. The number of nitrogens with two attached hydrogens (primary N) is 1. The van der Waals surface area contributed by atoms with Gasteiger partial charge in [-0.1, -0.05) is 24.3 Å². The highest BCUT2D eigenvalue weighted by Gasteiger charge is 2.26. The van der Waals surface area contributed by atoms with E-state index in [1.165, 1.54) is 0 Å². The van der Waals surface area contributed by atoms with Crippen molar-refractivity contribution in [3.05, 3.63) is 95.3 Å². The molecule has 208 valence electrons. The van der Waals surface area contributed by atoms with Crippen LogP contribution in [0.15, 0.2) is 72.9 Å². The quantitative estimate of drug-likeness (QED) is 0.193. The highest BCUT2D eigenvalue weighted by atomic mass is 16.5. The fourth-order valence-corrected chi connectivity index (χ4v) is 5.27. The largest absolute Gasteiger partial charge is 0.489 e. The van der Waals surface area contributed by atoms with Crippen molar-refractivity contribution in [2.45, 2.75) is 45.3 Å². The zero-order valence-corrected chi connectivity index (χ0v) is 23.4. The summed E-state index contributed by atoms with van der Waals surface area (Å²) in [5, 5.41) is 3.03. The topological polar surface area (TPSA) is 96.6 Å². The van der Waals surface area contributed by atoms with Gasteiger partial charge in [-0.3, -0.25) is 9.78 Å². The van der Waals surface area contributed by atoms with Gasteiger partial charge in [0, 0.05) is 46.8 Å². The van der Waals surface area contributed by atoms with Gasteiger partial charge in [-0.15, -0.1) is 0 Å². The average molecular weight is 548 g/mol. The first-order chi connectivity index (χ1) is 20.0. The van der Waals surface area contributed by atoms with Gasteiger partial charge >= 0.3 is 5.97 Å². The number of methoxy groups -OCH3 is 1. The van der Waals surface area contributed by atoms with Crippen LogP contribution in [0.5, 0.6) is 5.75 Å². The number of nitrogen functional groups attached to an aromatic ring is 1. The molecule has 1 aliphatic carbocycles. The minimum absolute atomic E-state index is 0.134. The summed E-state index contributed by atoms with van der Waals surface area (Å²) < 4.78 is 16.9. The second-order valence-corrected chi connectivity index (χ2v) is 10.5. The predicted molar refractivity (Wildman–Crippen MR) is 161 cm³/mol. The third-order valence-electron chi connectivity index (χ3n) is 7.50. The van der Waals surface area contributed by atoms with Gasteiger partial charge in [-0.2, -0.15) is 0 Å². The molecule has 5 aromatic rings. The van der Waals surface area contributed by atoms with Crippen LogP contribution in [0.4, 0.5) is 5.82 Å². The number of benzene rings is 3. The van der Waals surface area contributed by atoms with Crippen LogP contribution in [-0.2, 0) is 33.9 Å². The number of carbonyl (C=O) groups is 1. The Morgan fingerprint density at radius 1 is 0.927 bits per heavy atom. The lowest BCUT2D eigenvalue weighted by Crippen LogP contribution is -2.10. The van der Waals surface area contributed by atoms with Crippen molar-refractivity contribution in [3.8, 4) is 16.9 Å². The van der Waals surface area contributed by atoms with E-state index >= 15 is 0 Å². The number of pyridine rings is 2. The van der Waals surface area contributed by atoms with E-state index in [1.54, 1.807) is 20.2 Å². The van der Waals surface area contributed by atoms with Gasteiger partial charge in [0.05, 0.1) is 25.2 Å². The van der Waals surface area contributed by atoms with E-state index in [0.717, 1.165) is 68.0 Å². The van der Waals surface area contributed by atoms with Crippen LogP contribution in [0.3, 0.4) is 0 Å². The maximum atomic E-state index is 12.4. The van der Waals surface area contributed by atoms with Crippen LogP contribution in [0.2, 0.25) is 0 Å².